The maximum atomic E-state index is 11.7. The molecule has 1 aliphatic rings. The molecule has 0 bridgehead atoms. The van der Waals surface area contributed by atoms with Crippen LogP contribution in [0.15, 0.2) is 41.4 Å². The average molecular weight is 358 g/mol. The fourth-order valence-electron chi connectivity index (χ4n) is 2.31. The van der Waals surface area contributed by atoms with Crippen molar-refractivity contribution in [2.24, 2.45) is 0 Å². The highest BCUT2D eigenvalue weighted by Crippen LogP contribution is 2.37. The predicted octanol–water partition coefficient (Wildman–Crippen LogP) is 3.25. The van der Waals surface area contributed by atoms with E-state index in [4.69, 9.17) is 21.7 Å². The van der Waals surface area contributed by atoms with Crippen molar-refractivity contribution in [3.05, 3.63) is 47.0 Å². The van der Waals surface area contributed by atoms with Crippen LogP contribution in [-0.4, -0.2) is 29.4 Å². The Balaban J connectivity index is 1.92. The van der Waals surface area contributed by atoms with Crippen LogP contribution in [0.4, 0.5) is 0 Å². The van der Waals surface area contributed by atoms with Crippen LogP contribution in [0.5, 0.6) is 11.5 Å². The molecular weight excluding hydrogens is 344 g/mol. The Kier molecular flexibility index (Phi) is 4.82. The lowest BCUT2D eigenvalue weighted by Crippen LogP contribution is -2.17. The quantitative estimate of drug-likeness (QED) is 0.669. The minimum atomic E-state index is -0.177. The Morgan fingerprint density at radius 1 is 1.21 bits per heavy atom. The molecule has 5 nitrogen and oxygen atoms in total. The number of methoxy groups -OCH3 is 2. The number of aromatic nitrogens is 1. The molecule has 1 amide bonds. The van der Waals surface area contributed by atoms with Crippen molar-refractivity contribution >= 4 is 40.3 Å². The highest BCUT2D eigenvalue weighted by molar-refractivity contribution is 8.26. The summed E-state index contributed by atoms with van der Waals surface area (Å²) >= 11 is 6.22. The first-order chi connectivity index (χ1) is 11.6. The van der Waals surface area contributed by atoms with Gasteiger partial charge in [-0.2, -0.15) is 0 Å². The molecule has 1 aromatic heterocycles. The molecule has 1 saturated heterocycles. The number of thiocarbonyl (C=S) groups is 1. The van der Waals surface area contributed by atoms with Crippen LogP contribution in [0.1, 0.15) is 5.56 Å². The molecule has 1 aromatic carbocycles. The molecular formula is C17H14N2O3S2. The molecule has 7 heteroatoms. The lowest BCUT2D eigenvalue weighted by Gasteiger charge is -2.12. The average Bonchev–Trinajstić information content (AvgIpc) is 2.92. The summed E-state index contributed by atoms with van der Waals surface area (Å²) in [6, 6.07) is 9.40. The smallest absolute Gasteiger partial charge is 0.263 e. The highest BCUT2D eigenvalue weighted by atomic mass is 32.2. The van der Waals surface area contributed by atoms with Gasteiger partial charge in [0.15, 0.2) is 11.5 Å². The van der Waals surface area contributed by atoms with Crippen molar-refractivity contribution in [1.82, 2.24) is 10.3 Å². The standard InChI is InChI=1S/C17H14N2O3S2/c1-21-13-5-3-4-11(15(13)22-2)12-7-6-10(9-18-12)8-14-16(20)19-17(23)24-14/h3-9H,1-2H3,(H,19,20,23)/b14-8-. The van der Waals surface area contributed by atoms with Crippen molar-refractivity contribution in [3.8, 4) is 22.8 Å². The van der Waals surface area contributed by atoms with Crippen LogP contribution in [-0.2, 0) is 4.79 Å². The summed E-state index contributed by atoms with van der Waals surface area (Å²) in [5, 5.41) is 2.59. The van der Waals surface area contributed by atoms with E-state index in [1.807, 2.05) is 30.3 Å². The number of carbonyl (C=O) groups is 1. The number of para-hydroxylation sites is 1. The van der Waals surface area contributed by atoms with Crippen LogP contribution < -0.4 is 14.8 Å². The monoisotopic (exact) mass is 358 g/mol. The minimum absolute atomic E-state index is 0.177. The molecule has 0 atom stereocenters. The normalized spacial score (nSPS) is 15.5. The lowest BCUT2D eigenvalue weighted by atomic mass is 10.1. The molecule has 1 aliphatic heterocycles. The number of thioether (sulfide) groups is 1. The summed E-state index contributed by atoms with van der Waals surface area (Å²) in [5.41, 5.74) is 2.42. The van der Waals surface area contributed by atoms with Crippen molar-refractivity contribution in [3.63, 3.8) is 0 Å². The Hall–Kier alpha value is -2.38. The first-order valence-corrected chi connectivity index (χ1v) is 8.27. The molecule has 24 heavy (non-hydrogen) atoms. The van der Waals surface area contributed by atoms with Gasteiger partial charge in [0.1, 0.15) is 4.32 Å². The first-order valence-electron chi connectivity index (χ1n) is 7.04. The number of nitrogens with one attached hydrogen (secondary N) is 1. The summed E-state index contributed by atoms with van der Waals surface area (Å²) in [6.07, 6.45) is 3.47. The third kappa shape index (κ3) is 3.27. The molecule has 2 heterocycles. The van der Waals surface area contributed by atoms with Gasteiger partial charge in [0.25, 0.3) is 5.91 Å². The van der Waals surface area contributed by atoms with Crippen LogP contribution in [0.3, 0.4) is 0 Å². The predicted molar refractivity (Wildman–Crippen MR) is 99.1 cm³/mol. The van der Waals surface area contributed by atoms with E-state index in [2.05, 4.69) is 10.3 Å². The van der Waals surface area contributed by atoms with Crippen molar-refractivity contribution in [2.75, 3.05) is 14.2 Å². The van der Waals surface area contributed by atoms with Crippen molar-refractivity contribution in [1.29, 1.82) is 0 Å². The third-order valence-corrected chi connectivity index (χ3v) is 4.57. The number of hydrogen-bond acceptors (Lipinski definition) is 6. The zero-order valence-electron chi connectivity index (χ0n) is 13.0. The van der Waals surface area contributed by atoms with Crippen molar-refractivity contribution < 1.29 is 14.3 Å². The zero-order chi connectivity index (χ0) is 17.1. The second kappa shape index (κ2) is 7.02. The Bertz CT molecular complexity index is 832. The highest BCUT2D eigenvalue weighted by Gasteiger charge is 2.22. The molecule has 122 valence electrons. The first kappa shape index (κ1) is 16.5. The van der Waals surface area contributed by atoms with E-state index in [9.17, 15) is 4.79 Å². The molecule has 2 aromatic rings. The van der Waals surface area contributed by atoms with E-state index in [1.165, 1.54) is 11.8 Å². The van der Waals surface area contributed by atoms with Gasteiger partial charge in [0.05, 0.1) is 24.8 Å². The molecule has 0 aliphatic carbocycles. The molecule has 0 unspecified atom stereocenters. The van der Waals surface area contributed by atoms with Crippen LogP contribution in [0.25, 0.3) is 17.3 Å². The summed E-state index contributed by atoms with van der Waals surface area (Å²) < 4.78 is 11.2. The largest absolute Gasteiger partial charge is 0.493 e. The van der Waals surface area contributed by atoms with E-state index >= 15 is 0 Å². The van der Waals surface area contributed by atoms with Gasteiger partial charge in [-0.05, 0) is 29.8 Å². The maximum absolute atomic E-state index is 11.7. The van der Waals surface area contributed by atoms with Crippen molar-refractivity contribution in [2.45, 2.75) is 0 Å². The van der Waals surface area contributed by atoms with Gasteiger partial charge in [-0.1, -0.05) is 36.1 Å². The Morgan fingerprint density at radius 2 is 2.04 bits per heavy atom. The topological polar surface area (TPSA) is 60.5 Å². The third-order valence-electron chi connectivity index (χ3n) is 3.41. The summed E-state index contributed by atoms with van der Waals surface area (Å²) in [4.78, 5) is 16.7. The second-order valence-electron chi connectivity index (χ2n) is 4.87. The fraction of sp³-hybridized carbons (Fsp3) is 0.118. The number of benzene rings is 1. The number of amides is 1. The minimum Gasteiger partial charge on any atom is -0.493 e. The van der Waals surface area contributed by atoms with E-state index in [1.54, 1.807) is 26.5 Å². The Labute approximate surface area is 149 Å². The van der Waals surface area contributed by atoms with E-state index in [0.29, 0.717) is 20.7 Å². The molecule has 1 N–H and O–H groups in total. The van der Waals surface area contributed by atoms with Gasteiger partial charge < -0.3 is 14.8 Å². The molecule has 0 saturated carbocycles. The summed E-state index contributed by atoms with van der Waals surface area (Å²) in [6.45, 7) is 0. The van der Waals surface area contributed by atoms with Gasteiger partial charge in [0.2, 0.25) is 0 Å². The summed E-state index contributed by atoms with van der Waals surface area (Å²) in [7, 11) is 3.19. The van der Waals surface area contributed by atoms with Crippen LogP contribution in [0.2, 0.25) is 0 Å². The second-order valence-corrected chi connectivity index (χ2v) is 6.59. The zero-order valence-corrected chi connectivity index (χ0v) is 14.7. The number of hydrogen-bond donors (Lipinski definition) is 1. The number of nitrogens with zero attached hydrogens (tertiary/aromatic N) is 1. The number of carbonyl (C=O) groups excluding carboxylic acids is 1. The SMILES string of the molecule is COc1cccc(-c2ccc(/C=C3\SC(=S)NC3=O)cn2)c1OC. The van der Waals surface area contributed by atoms with Crippen LogP contribution >= 0.6 is 24.0 Å². The fourth-order valence-corrected chi connectivity index (χ4v) is 3.36. The molecule has 0 radical (unpaired) electrons. The molecule has 3 rings (SSSR count). The Morgan fingerprint density at radius 3 is 2.62 bits per heavy atom. The molecule has 0 spiro atoms. The number of ether oxygens (including phenoxy) is 2. The van der Waals surface area contributed by atoms with Gasteiger partial charge >= 0.3 is 0 Å². The molecule has 1 fully saturated rings. The van der Waals surface area contributed by atoms with Gasteiger partial charge in [-0.3, -0.25) is 9.78 Å². The van der Waals surface area contributed by atoms with Gasteiger partial charge in [-0.15, -0.1) is 0 Å². The van der Waals surface area contributed by atoms with E-state index in [0.717, 1.165) is 16.8 Å². The van der Waals surface area contributed by atoms with Gasteiger partial charge in [-0.25, -0.2) is 0 Å². The van der Waals surface area contributed by atoms with E-state index < -0.39 is 0 Å². The van der Waals surface area contributed by atoms with Crippen LogP contribution in [0, 0.1) is 0 Å². The number of rotatable bonds is 4. The number of pyridine rings is 1. The lowest BCUT2D eigenvalue weighted by molar-refractivity contribution is -0.115. The summed E-state index contributed by atoms with van der Waals surface area (Å²) in [5.74, 6) is 1.11. The maximum Gasteiger partial charge on any atom is 0.263 e. The van der Waals surface area contributed by atoms with Gasteiger partial charge in [0, 0.05) is 11.8 Å². The van der Waals surface area contributed by atoms with E-state index in [-0.39, 0.29) is 5.91 Å².